The predicted molar refractivity (Wildman–Crippen MR) is 76.3 cm³/mol. The van der Waals surface area contributed by atoms with Crippen LogP contribution in [0.3, 0.4) is 0 Å². The average molecular weight is 303 g/mol. The van der Waals surface area contributed by atoms with Crippen LogP contribution in [0.4, 0.5) is 13.2 Å². The second-order valence-electron chi connectivity index (χ2n) is 4.69. The second-order valence-corrected chi connectivity index (χ2v) is 4.69. The molecule has 0 aliphatic heterocycles. The maximum absolute atomic E-state index is 12.2. The van der Waals surface area contributed by atoms with Crippen molar-refractivity contribution in [2.24, 2.45) is 10.7 Å². The third-order valence-corrected chi connectivity index (χ3v) is 2.78. The molecule has 1 aromatic carbocycles. The van der Waals surface area contributed by atoms with Gasteiger partial charge in [0.15, 0.2) is 5.96 Å². The molecule has 1 aromatic rings. The Kier molecular flexibility index (Phi) is 6.33. The van der Waals surface area contributed by atoms with Crippen LogP contribution >= 0.6 is 0 Å². The summed E-state index contributed by atoms with van der Waals surface area (Å²) in [5, 5.41) is 2.93. The number of guanidine groups is 1. The fourth-order valence-corrected chi connectivity index (χ4v) is 1.91. The summed E-state index contributed by atoms with van der Waals surface area (Å²) in [6, 6.07) is 4.66. The average Bonchev–Trinajstić information content (AvgIpc) is 2.35. The van der Waals surface area contributed by atoms with E-state index >= 15 is 0 Å². The molecule has 0 saturated heterocycles. The van der Waals surface area contributed by atoms with Crippen LogP contribution in [0.5, 0.6) is 5.75 Å². The van der Waals surface area contributed by atoms with Crippen LogP contribution in [-0.4, -0.2) is 25.9 Å². The summed E-state index contributed by atoms with van der Waals surface area (Å²) >= 11 is 0. The summed E-state index contributed by atoms with van der Waals surface area (Å²) in [6.45, 7) is 2.42. The highest BCUT2D eigenvalue weighted by molar-refractivity contribution is 5.77. The summed E-state index contributed by atoms with van der Waals surface area (Å²) < 4.78 is 40.6. The Morgan fingerprint density at radius 2 is 2.00 bits per heavy atom. The number of nitrogens with one attached hydrogen (secondary N) is 1. The van der Waals surface area contributed by atoms with Gasteiger partial charge in [-0.3, -0.25) is 4.99 Å². The van der Waals surface area contributed by atoms with Crippen LogP contribution in [0.25, 0.3) is 0 Å². The van der Waals surface area contributed by atoms with Gasteiger partial charge >= 0.3 is 6.36 Å². The number of ether oxygens (including phenoxy) is 1. The lowest BCUT2D eigenvalue weighted by atomic mass is 10.1. The summed E-state index contributed by atoms with van der Waals surface area (Å²) in [4.78, 5) is 3.76. The standard InChI is InChI=1S/C14H20F3N3O/c1-10-7-11(5-3-4-6-20-13(18)19-2)9-12(8-10)21-14(15,16)17/h7-9H,3-6H2,1-2H3,(H3,18,19,20). The third-order valence-electron chi connectivity index (χ3n) is 2.78. The number of rotatable bonds is 6. The largest absolute Gasteiger partial charge is 0.573 e. The molecule has 0 saturated carbocycles. The van der Waals surface area contributed by atoms with Crippen LogP contribution < -0.4 is 15.8 Å². The fraction of sp³-hybridized carbons (Fsp3) is 0.500. The summed E-state index contributed by atoms with van der Waals surface area (Å²) in [6.07, 6.45) is -2.30. The van der Waals surface area contributed by atoms with Gasteiger partial charge in [-0.05, 0) is 49.4 Å². The predicted octanol–water partition coefficient (Wildman–Crippen LogP) is 2.75. The lowest BCUT2D eigenvalue weighted by Crippen LogP contribution is -2.32. The molecule has 0 heterocycles. The quantitative estimate of drug-likeness (QED) is 0.482. The van der Waals surface area contributed by atoms with E-state index in [4.69, 9.17) is 5.73 Å². The van der Waals surface area contributed by atoms with Gasteiger partial charge in [0.05, 0.1) is 0 Å². The van der Waals surface area contributed by atoms with E-state index in [1.165, 1.54) is 12.1 Å². The molecule has 0 amide bonds. The molecule has 21 heavy (non-hydrogen) atoms. The molecule has 0 atom stereocenters. The molecule has 0 aromatic heterocycles. The highest BCUT2D eigenvalue weighted by atomic mass is 19.4. The molecule has 0 fully saturated rings. The summed E-state index contributed by atoms with van der Waals surface area (Å²) in [5.41, 5.74) is 7.05. The van der Waals surface area contributed by atoms with Crippen molar-refractivity contribution in [2.75, 3.05) is 13.6 Å². The summed E-state index contributed by atoms with van der Waals surface area (Å²) in [7, 11) is 1.59. The number of halogens is 3. The Balaban J connectivity index is 2.48. The molecule has 0 spiro atoms. The van der Waals surface area contributed by atoms with Gasteiger partial charge in [-0.15, -0.1) is 13.2 Å². The minimum Gasteiger partial charge on any atom is -0.406 e. The zero-order valence-electron chi connectivity index (χ0n) is 12.1. The van der Waals surface area contributed by atoms with Crippen molar-refractivity contribution >= 4 is 5.96 Å². The molecular weight excluding hydrogens is 283 g/mol. The Morgan fingerprint density at radius 3 is 2.62 bits per heavy atom. The number of nitrogens with two attached hydrogens (primary N) is 1. The molecule has 0 aliphatic carbocycles. The van der Waals surface area contributed by atoms with Gasteiger partial charge < -0.3 is 15.8 Å². The van der Waals surface area contributed by atoms with Gasteiger partial charge in [-0.2, -0.15) is 0 Å². The fourth-order valence-electron chi connectivity index (χ4n) is 1.91. The Bertz CT molecular complexity index is 487. The van der Waals surface area contributed by atoms with E-state index in [0.29, 0.717) is 18.9 Å². The minimum atomic E-state index is -4.66. The molecule has 0 aliphatic rings. The van der Waals surface area contributed by atoms with Crippen molar-refractivity contribution in [3.63, 3.8) is 0 Å². The van der Waals surface area contributed by atoms with E-state index in [1.807, 2.05) is 6.07 Å². The van der Waals surface area contributed by atoms with Gasteiger partial charge in [-0.25, -0.2) is 0 Å². The third kappa shape index (κ3) is 7.43. The Morgan fingerprint density at radius 1 is 1.29 bits per heavy atom. The first-order valence-electron chi connectivity index (χ1n) is 6.62. The number of alkyl halides is 3. The van der Waals surface area contributed by atoms with E-state index in [0.717, 1.165) is 24.0 Å². The maximum atomic E-state index is 12.2. The molecule has 0 radical (unpaired) electrons. The van der Waals surface area contributed by atoms with Gasteiger partial charge in [-0.1, -0.05) is 6.07 Å². The van der Waals surface area contributed by atoms with Crippen molar-refractivity contribution in [1.82, 2.24) is 5.32 Å². The maximum Gasteiger partial charge on any atom is 0.573 e. The molecule has 0 unspecified atom stereocenters. The minimum absolute atomic E-state index is 0.169. The topological polar surface area (TPSA) is 59.6 Å². The molecule has 0 bridgehead atoms. The zero-order chi connectivity index (χ0) is 15.9. The van der Waals surface area contributed by atoms with E-state index < -0.39 is 6.36 Å². The number of unbranched alkanes of at least 4 members (excludes halogenated alkanes) is 1. The normalized spacial score (nSPS) is 12.3. The van der Waals surface area contributed by atoms with E-state index in [1.54, 1.807) is 14.0 Å². The van der Waals surface area contributed by atoms with Crippen molar-refractivity contribution in [1.29, 1.82) is 0 Å². The Hall–Kier alpha value is -1.92. The zero-order valence-corrected chi connectivity index (χ0v) is 12.1. The highest BCUT2D eigenvalue weighted by Crippen LogP contribution is 2.25. The molecule has 4 nitrogen and oxygen atoms in total. The van der Waals surface area contributed by atoms with Crippen LogP contribution in [-0.2, 0) is 6.42 Å². The second kappa shape index (κ2) is 7.75. The first-order chi connectivity index (χ1) is 9.80. The van der Waals surface area contributed by atoms with Crippen molar-refractivity contribution in [3.05, 3.63) is 29.3 Å². The SMILES string of the molecule is CN=C(N)NCCCCc1cc(C)cc(OC(F)(F)F)c1. The highest BCUT2D eigenvalue weighted by Gasteiger charge is 2.31. The monoisotopic (exact) mass is 303 g/mol. The van der Waals surface area contributed by atoms with Crippen molar-refractivity contribution < 1.29 is 17.9 Å². The first-order valence-corrected chi connectivity index (χ1v) is 6.62. The molecule has 3 N–H and O–H groups in total. The van der Waals surface area contributed by atoms with Gasteiger partial charge in [0.1, 0.15) is 5.75 Å². The van der Waals surface area contributed by atoms with Crippen LogP contribution in [0.15, 0.2) is 23.2 Å². The molecular formula is C14H20F3N3O. The van der Waals surface area contributed by atoms with Crippen molar-refractivity contribution in [2.45, 2.75) is 32.5 Å². The van der Waals surface area contributed by atoms with E-state index in [-0.39, 0.29) is 5.75 Å². The van der Waals surface area contributed by atoms with Gasteiger partial charge in [0, 0.05) is 13.6 Å². The van der Waals surface area contributed by atoms with Gasteiger partial charge in [0.25, 0.3) is 0 Å². The van der Waals surface area contributed by atoms with E-state index in [9.17, 15) is 13.2 Å². The molecule has 7 heteroatoms. The number of hydrogen-bond acceptors (Lipinski definition) is 2. The number of nitrogens with zero attached hydrogens (tertiary/aromatic N) is 1. The Labute approximate surface area is 122 Å². The number of hydrogen-bond donors (Lipinski definition) is 2. The first kappa shape index (κ1) is 17.1. The van der Waals surface area contributed by atoms with E-state index in [2.05, 4.69) is 15.0 Å². The van der Waals surface area contributed by atoms with Crippen molar-refractivity contribution in [3.8, 4) is 5.75 Å². The summed E-state index contributed by atoms with van der Waals surface area (Å²) in [5.74, 6) is 0.212. The van der Waals surface area contributed by atoms with Gasteiger partial charge in [0.2, 0.25) is 0 Å². The lowest BCUT2D eigenvalue weighted by Gasteiger charge is -2.11. The van der Waals surface area contributed by atoms with Crippen LogP contribution in [0.1, 0.15) is 24.0 Å². The molecule has 1 rings (SSSR count). The van der Waals surface area contributed by atoms with Crippen LogP contribution in [0.2, 0.25) is 0 Å². The smallest absolute Gasteiger partial charge is 0.406 e. The number of aliphatic imine (C=N–C) groups is 1. The lowest BCUT2D eigenvalue weighted by molar-refractivity contribution is -0.274. The van der Waals surface area contributed by atoms with Crippen LogP contribution in [0, 0.1) is 6.92 Å². The number of aryl methyl sites for hydroxylation is 2. The number of benzene rings is 1. The molecule has 118 valence electrons.